The number of hydrogen-bond donors (Lipinski definition) is 0. The Morgan fingerprint density at radius 1 is 0.315 bits per heavy atom. The molecule has 0 aromatic heterocycles. The highest BCUT2D eigenvalue weighted by Crippen LogP contribution is 2.47. The molecule has 0 aliphatic carbocycles. The topological polar surface area (TPSA) is 51.2 Å². The summed E-state index contributed by atoms with van der Waals surface area (Å²) >= 11 is 0. The van der Waals surface area contributed by atoms with Crippen LogP contribution < -0.4 is 0 Å². The molecule has 0 N–H and O–H groups in total. The minimum absolute atomic E-state index is 0.0224. The first-order valence-electron chi connectivity index (χ1n) is 18.5. The second-order valence-electron chi connectivity index (χ2n) is 13.9. The van der Waals surface area contributed by atoms with Crippen molar-refractivity contribution in [2.24, 2.45) is 0 Å². The third-order valence-electron chi connectivity index (χ3n) is 10.2. The number of rotatable bonds is 13. The summed E-state index contributed by atoms with van der Waals surface area (Å²) in [6.45, 7) is 4.25. The van der Waals surface area contributed by atoms with Crippen LogP contribution in [0.25, 0.3) is 0 Å². The molecule has 0 aliphatic heterocycles. The van der Waals surface area contributed by atoms with Crippen molar-refractivity contribution in [2.75, 3.05) is 0 Å². The van der Waals surface area contributed by atoms with Crippen LogP contribution in [0.2, 0.25) is 0 Å². The molecule has 54 heavy (non-hydrogen) atoms. The van der Waals surface area contributed by atoms with Crippen molar-refractivity contribution in [3.8, 4) is 0 Å². The van der Waals surface area contributed by atoms with E-state index in [1.165, 1.54) is 0 Å². The normalized spacial score (nSPS) is 12.8. The van der Waals surface area contributed by atoms with Gasteiger partial charge in [-0.1, -0.05) is 208 Å². The van der Waals surface area contributed by atoms with E-state index in [1.807, 2.05) is 188 Å². The van der Waals surface area contributed by atoms with Gasteiger partial charge in [-0.3, -0.25) is 14.4 Å². The highest BCUT2D eigenvalue weighted by Gasteiger charge is 2.39. The molecule has 0 saturated carbocycles. The van der Waals surface area contributed by atoms with Crippen molar-refractivity contribution in [1.29, 1.82) is 0 Å². The third kappa shape index (κ3) is 7.40. The predicted molar refractivity (Wildman–Crippen MR) is 218 cm³/mol. The van der Waals surface area contributed by atoms with Gasteiger partial charge in [0.2, 0.25) is 0 Å². The molecule has 0 aliphatic rings. The zero-order chi connectivity index (χ0) is 37.4. The molecule has 0 heterocycles. The van der Waals surface area contributed by atoms with E-state index < -0.39 is 17.8 Å². The van der Waals surface area contributed by atoms with Gasteiger partial charge in [0, 0.05) is 16.7 Å². The lowest BCUT2D eigenvalue weighted by atomic mass is 9.68. The second kappa shape index (κ2) is 16.5. The zero-order valence-electron chi connectivity index (χ0n) is 30.5. The smallest absolute Gasteiger partial charge is 0.174 e. The molecule has 3 nitrogen and oxygen atoms in total. The third-order valence-corrected chi connectivity index (χ3v) is 10.2. The SMILES string of the molecule is CC(C)c1ccc(C(C(=O)c2ccccc2)c2ccccc2)c(C(C(=O)c2ccccc2)c2ccccc2)c1C(C(=O)c1ccccc1)c1ccccc1. The summed E-state index contributed by atoms with van der Waals surface area (Å²) in [6.07, 6.45) is 0. The largest absolute Gasteiger partial charge is 0.293 e. The van der Waals surface area contributed by atoms with Gasteiger partial charge < -0.3 is 0 Å². The summed E-state index contributed by atoms with van der Waals surface area (Å²) in [6, 6.07) is 61.6. The van der Waals surface area contributed by atoms with Crippen LogP contribution in [0.4, 0.5) is 0 Å². The lowest BCUT2D eigenvalue weighted by Crippen LogP contribution is -2.27. The van der Waals surface area contributed by atoms with Crippen LogP contribution in [0.5, 0.6) is 0 Å². The van der Waals surface area contributed by atoms with Crippen LogP contribution in [0.1, 0.15) is 108 Å². The van der Waals surface area contributed by atoms with Gasteiger partial charge in [0.1, 0.15) is 0 Å². The van der Waals surface area contributed by atoms with Crippen LogP contribution >= 0.6 is 0 Å². The van der Waals surface area contributed by atoms with Crippen LogP contribution in [0, 0.1) is 0 Å². The highest BCUT2D eigenvalue weighted by molar-refractivity contribution is 6.08. The van der Waals surface area contributed by atoms with E-state index in [9.17, 15) is 0 Å². The lowest BCUT2D eigenvalue weighted by Gasteiger charge is -2.33. The summed E-state index contributed by atoms with van der Waals surface area (Å²) in [4.78, 5) is 45.7. The minimum Gasteiger partial charge on any atom is -0.293 e. The average molecular weight is 703 g/mol. The maximum Gasteiger partial charge on any atom is 0.174 e. The summed E-state index contributed by atoms with van der Waals surface area (Å²) in [5.41, 5.74) is 7.21. The van der Waals surface area contributed by atoms with Crippen molar-refractivity contribution in [2.45, 2.75) is 37.5 Å². The summed E-state index contributed by atoms with van der Waals surface area (Å²) in [5.74, 6) is -2.70. The van der Waals surface area contributed by atoms with Crippen LogP contribution in [0.15, 0.2) is 194 Å². The minimum atomic E-state index is -0.845. The molecule has 0 bridgehead atoms. The Bertz CT molecular complexity index is 2340. The Kier molecular flexibility index (Phi) is 11.0. The molecule has 7 rings (SSSR count). The standard InChI is InChI=1S/C51H42O3/c1-35(2)42-33-34-43(44(36-21-9-3-10-22-36)49(52)39-27-15-6-16-28-39)48(46(38-25-13-5-14-26-38)51(54)41-31-19-8-20-32-41)47(42)45(37-23-11-4-12-24-37)50(53)40-29-17-7-18-30-40/h3-35,44-46H,1-2H3. The van der Waals surface area contributed by atoms with E-state index in [4.69, 9.17) is 0 Å². The summed E-state index contributed by atoms with van der Waals surface area (Å²) in [7, 11) is 0. The number of carbonyl (C=O) groups is 3. The Hall–Kier alpha value is -6.45. The maximum absolute atomic E-state index is 15.4. The predicted octanol–water partition coefficient (Wildman–Crippen LogP) is 11.9. The molecule has 264 valence electrons. The number of hydrogen-bond acceptors (Lipinski definition) is 3. The van der Waals surface area contributed by atoms with Crippen molar-refractivity contribution in [3.05, 3.63) is 250 Å². The molecular formula is C51H42O3. The summed E-state index contributed by atoms with van der Waals surface area (Å²) in [5, 5.41) is 0. The molecule has 7 aromatic carbocycles. The second-order valence-corrected chi connectivity index (χ2v) is 13.9. The molecular weight excluding hydrogens is 661 g/mol. The number of carbonyl (C=O) groups excluding carboxylic acids is 3. The van der Waals surface area contributed by atoms with E-state index in [2.05, 4.69) is 19.9 Å². The van der Waals surface area contributed by atoms with E-state index in [1.54, 1.807) is 0 Å². The van der Waals surface area contributed by atoms with Crippen molar-refractivity contribution in [1.82, 2.24) is 0 Å². The first-order chi connectivity index (χ1) is 26.4. The summed E-state index contributed by atoms with van der Waals surface area (Å²) < 4.78 is 0. The number of benzene rings is 7. The van der Waals surface area contributed by atoms with Crippen molar-refractivity contribution >= 4 is 17.3 Å². The fourth-order valence-corrected chi connectivity index (χ4v) is 7.68. The first-order valence-corrected chi connectivity index (χ1v) is 18.5. The quantitative estimate of drug-likeness (QED) is 0.112. The van der Waals surface area contributed by atoms with Gasteiger partial charge in [0.15, 0.2) is 17.3 Å². The lowest BCUT2D eigenvalue weighted by molar-refractivity contribution is 0.0953. The van der Waals surface area contributed by atoms with E-state index in [0.29, 0.717) is 27.8 Å². The van der Waals surface area contributed by atoms with Gasteiger partial charge in [-0.15, -0.1) is 0 Å². The van der Waals surface area contributed by atoms with Gasteiger partial charge in [0.05, 0.1) is 17.8 Å². The molecule has 0 saturated heterocycles. The Morgan fingerprint density at radius 2 is 0.574 bits per heavy atom. The van der Waals surface area contributed by atoms with Crippen LogP contribution in [0.3, 0.4) is 0 Å². The van der Waals surface area contributed by atoms with Crippen molar-refractivity contribution in [3.63, 3.8) is 0 Å². The van der Waals surface area contributed by atoms with Crippen molar-refractivity contribution < 1.29 is 14.4 Å². The highest BCUT2D eigenvalue weighted by atomic mass is 16.1. The van der Waals surface area contributed by atoms with Gasteiger partial charge >= 0.3 is 0 Å². The van der Waals surface area contributed by atoms with Crippen LogP contribution in [-0.4, -0.2) is 17.3 Å². The molecule has 0 amide bonds. The van der Waals surface area contributed by atoms with E-state index in [0.717, 1.165) is 27.8 Å². The molecule has 7 aromatic rings. The molecule has 0 fully saturated rings. The van der Waals surface area contributed by atoms with Gasteiger partial charge in [0.25, 0.3) is 0 Å². The Labute approximate surface area is 318 Å². The van der Waals surface area contributed by atoms with E-state index in [-0.39, 0.29) is 23.3 Å². The molecule has 3 atom stereocenters. The fraction of sp³-hybridized carbons (Fsp3) is 0.118. The first kappa shape index (κ1) is 35.9. The van der Waals surface area contributed by atoms with Gasteiger partial charge in [-0.05, 0) is 44.9 Å². The molecule has 3 heteroatoms. The molecule has 0 radical (unpaired) electrons. The van der Waals surface area contributed by atoms with Gasteiger partial charge in [-0.2, -0.15) is 0 Å². The molecule has 0 spiro atoms. The van der Waals surface area contributed by atoms with E-state index >= 15 is 14.4 Å². The fourth-order valence-electron chi connectivity index (χ4n) is 7.68. The zero-order valence-corrected chi connectivity index (χ0v) is 30.5. The monoisotopic (exact) mass is 702 g/mol. The number of Topliss-reactive ketones (excluding diaryl/α,β-unsaturated/α-hetero) is 3. The van der Waals surface area contributed by atoms with Gasteiger partial charge in [-0.25, -0.2) is 0 Å². The Balaban J connectivity index is 1.66. The maximum atomic E-state index is 15.4. The average Bonchev–Trinajstić information content (AvgIpc) is 3.23. The molecule has 3 unspecified atom stereocenters. The van der Waals surface area contributed by atoms with Crippen LogP contribution in [-0.2, 0) is 0 Å². The Morgan fingerprint density at radius 3 is 0.907 bits per heavy atom. The number of ketones is 3.